The number of aryl methyl sites for hydroxylation is 1. The normalized spacial score (nSPS) is 11.0. The summed E-state index contributed by atoms with van der Waals surface area (Å²) in [5.41, 5.74) is 0.179. The summed E-state index contributed by atoms with van der Waals surface area (Å²) in [6, 6.07) is 6.83. The van der Waals surface area contributed by atoms with Gasteiger partial charge in [-0.15, -0.1) is 0 Å². The summed E-state index contributed by atoms with van der Waals surface area (Å²) in [6.45, 7) is 0. The first-order valence-corrected chi connectivity index (χ1v) is 8.36. The topological polar surface area (TPSA) is 99.0 Å². The van der Waals surface area contributed by atoms with E-state index < -0.39 is 11.2 Å². The van der Waals surface area contributed by atoms with Gasteiger partial charge in [-0.3, -0.25) is 18.7 Å². The van der Waals surface area contributed by atoms with Crippen molar-refractivity contribution >= 4 is 28.7 Å². The van der Waals surface area contributed by atoms with Crippen LogP contribution in [0.15, 0.2) is 39.0 Å². The Morgan fingerprint density at radius 2 is 1.88 bits per heavy atom. The molecular formula is C16H16N4O4S. The molecule has 9 heteroatoms. The summed E-state index contributed by atoms with van der Waals surface area (Å²) in [7, 11) is 4.51. The number of fused-ring (bicyclic) bond motifs is 1. The number of ketones is 1. The molecule has 0 saturated carbocycles. The van der Waals surface area contributed by atoms with E-state index in [1.807, 2.05) is 0 Å². The number of hydrogen-bond donors (Lipinski definition) is 1. The molecule has 3 rings (SSSR count). The molecule has 0 radical (unpaired) electrons. The predicted molar refractivity (Wildman–Crippen MR) is 94.6 cm³/mol. The largest absolute Gasteiger partial charge is 0.497 e. The molecule has 8 nitrogen and oxygen atoms in total. The number of Topliss-reactive ketones (excluding diaryl/α,β-unsaturated/α-hetero) is 1. The van der Waals surface area contributed by atoms with Crippen LogP contribution < -0.4 is 16.0 Å². The van der Waals surface area contributed by atoms with Gasteiger partial charge in [0.1, 0.15) is 5.75 Å². The molecule has 0 bridgehead atoms. The maximum atomic E-state index is 12.3. The summed E-state index contributed by atoms with van der Waals surface area (Å²) in [5.74, 6) is 0.758. The number of nitrogens with zero attached hydrogens (tertiary/aromatic N) is 3. The van der Waals surface area contributed by atoms with E-state index >= 15 is 0 Å². The van der Waals surface area contributed by atoms with Crippen molar-refractivity contribution in [2.24, 2.45) is 14.1 Å². The Bertz CT molecular complexity index is 1060. The Morgan fingerprint density at radius 1 is 1.20 bits per heavy atom. The van der Waals surface area contributed by atoms with Crippen LogP contribution in [0.1, 0.15) is 10.4 Å². The number of nitrogens with one attached hydrogen (secondary N) is 1. The lowest BCUT2D eigenvalue weighted by Gasteiger charge is -2.02. The molecule has 0 atom stereocenters. The predicted octanol–water partition coefficient (Wildman–Crippen LogP) is 0.944. The van der Waals surface area contributed by atoms with Crippen molar-refractivity contribution < 1.29 is 9.53 Å². The van der Waals surface area contributed by atoms with Crippen molar-refractivity contribution in [1.29, 1.82) is 0 Å². The van der Waals surface area contributed by atoms with Crippen LogP contribution in [-0.2, 0) is 14.1 Å². The Kier molecular flexibility index (Phi) is 4.49. The molecular weight excluding hydrogens is 344 g/mol. The number of aromatic amines is 1. The fourth-order valence-corrected chi connectivity index (χ4v) is 3.13. The van der Waals surface area contributed by atoms with Gasteiger partial charge in [0.2, 0.25) is 0 Å². The molecule has 1 aromatic carbocycles. The summed E-state index contributed by atoms with van der Waals surface area (Å²) in [6.07, 6.45) is 0. The third-order valence-electron chi connectivity index (χ3n) is 3.83. The molecule has 0 aliphatic rings. The highest BCUT2D eigenvalue weighted by Crippen LogP contribution is 2.19. The summed E-state index contributed by atoms with van der Waals surface area (Å²) < 4.78 is 7.37. The number of ether oxygens (including phenoxy) is 1. The number of methoxy groups -OCH3 is 1. The zero-order valence-corrected chi connectivity index (χ0v) is 14.7. The SMILES string of the molecule is COc1ccc(C(=O)CSc2nc3c([nH]2)c(=O)n(C)c(=O)n3C)cc1. The van der Waals surface area contributed by atoms with Crippen molar-refractivity contribution in [2.75, 3.05) is 12.9 Å². The minimum absolute atomic E-state index is 0.0742. The molecule has 130 valence electrons. The summed E-state index contributed by atoms with van der Waals surface area (Å²) in [4.78, 5) is 43.4. The highest BCUT2D eigenvalue weighted by molar-refractivity contribution is 7.99. The van der Waals surface area contributed by atoms with E-state index in [9.17, 15) is 14.4 Å². The van der Waals surface area contributed by atoms with E-state index in [-0.39, 0.29) is 22.7 Å². The maximum Gasteiger partial charge on any atom is 0.332 e. The molecule has 0 aliphatic heterocycles. The van der Waals surface area contributed by atoms with E-state index in [1.54, 1.807) is 38.4 Å². The quantitative estimate of drug-likeness (QED) is 0.537. The lowest BCUT2D eigenvalue weighted by atomic mass is 10.1. The number of benzene rings is 1. The Labute approximate surface area is 146 Å². The van der Waals surface area contributed by atoms with Gasteiger partial charge in [-0.05, 0) is 24.3 Å². The number of carbonyl (C=O) groups is 1. The lowest BCUT2D eigenvalue weighted by molar-refractivity contribution is 0.102. The van der Waals surface area contributed by atoms with E-state index in [1.165, 1.54) is 23.4 Å². The molecule has 0 saturated heterocycles. The van der Waals surface area contributed by atoms with Crippen molar-refractivity contribution in [3.05, 3.63) is 50.7 Å². The number of H-pyrrole nitrogens is 1. The van der Waals surface area contributed by atoms with Crippen molar-refractivity contribution in [3.8, 4) is 5.75 Å². The van der Waals surface area contributed by atoms with Gasteiger partial charge in [0.15, 0.2) is 22.1 Å². The van der Waals surface area contributed by atoms with Gasteiger partial charge in [-0.2, -0.15) is 0 Å². The van der Waals surface area contributed by atoms with E-state index in [0.29, 0.717) is 16.5 Å². The Hall–Kier alpha value is -2.81. The third kappa shape index (κ3) is 3.10. The standard InChI is InChI=1S/C16H16N4O4S/c1-19-13-12(14(22)20(2)16(19)23)17-15(18-13)25-8-11(21)9-4-6-10(24-3)7-5-9/h4-7H,8H2,1-3H3,(H,17,18). The van der Waals surface area contributed by atoms with Crippen LogP contribution >= 0.6 is 11.8 Å². The molecule has 25 heavy (non-hydrogen) atoms. The highest BCUT2D eigenvalue weighted by Gasteiger charge is 2.15. The van der Waals surface area contributed by atoms with Crippen LogP contribution in [0.4, 0.5) is 0 Å². The van der Waals surface area contributed by atoms with Gasteiger partial charge in [0, 0.05) is 19.7 Å². The van der Waals surface area contributed by atoms with Crippen molar-refractivity contribution in [1.82, 2.24) is 19.1 Å². The van der Waals surface area contributed by atoms with Crippen LogP contribution in [0.25, 0.3) is 11.2 Å². The van der Waals surface area contributed by atoms with E-state index in [4.69, 9.17) is 4.74 Å². The zero-order chi connectivity index (χ0) is 18.1. The van der Waals surface area contributed by atoms with Gasteiger partial charge in [-0.25, -0.2) is 9.78 Å². The van der Waals surface area contributed by atoms with Crippen LogP contribution in [-0.4, -0.2) is 37.7 Å². The second-order valence-electron chi connectivity index (χ2n) is 5.39. The van der Waals surface area contributed by atoms with Crippen molar-refractivity contribution in [2.45, 2.75) is 5.16 Å². The smallest absolute Gasteiger partial charge is 0.332 e. The maximum absolute atomic E-state index is 12.3. The van der Waals surface area contributed by atoms with Crippen LogP contribution in [0.2, 0.25) is 0 Å². The van der Waals surface area contributed by atoms with E-state index in [0.717, 1.165) is 4.57 Å². The average molecular weight is 360 g/mol. The second kappa shape index (κ2) is 6.60. The molecule has 1 N–H and O–H groups in total. The summed E-state index contributed by atoms with van der Waals surface area (Å²) in [5, 5.41) is 0.412. The average Bonchev–Trinajstić information content (AvgIpc) is 3.07. The molecule has 2 aromatic heterocycles. The van der Waals surface area contributed by atoms with Crippen LogP contribution in [0, 0.1) is 0 Å². The van der Waals surface area contributed by atoms with Gasteiger partial charge in [-0.1, -0.05) is 11.8 Å². The number of rotatable bonds is 5. The minimum atomic E-state index is -0.449. The number of aromatic nitrogens is 4. The van der Waals surface area contributed by atoms with Gasteiger partial charge in [0.25, 0.3) is 5.56 Å². The molecule has 0 fully saturated rings. The fraction of sp³-hybridized carbons (Fsp3) is 0.250. The molecule has 3 aromatic rings. The third-order valence-corrected chi connectivity index (χ3v) is 4.70. The van der Waals surface area contributed by atoms with Crippen LogP contribution in [0.5, 0.6) is 5.75 Å². The number of hydrogen-bond acceptors (Lipinski definition) is 6. The highest BCUT2D eigenvalue weighted by atomic mass is 32.2. The molecule has 0 aliphatic carbocycles. The first-order valence-electron chi connectivity index (χ1n) is 7.38. The van der Waals surface area contributed by atoms with Gasteiger partial charge in [0.05, 0.1) is 12.9 Å². The monoisotopic (exact) mass is 360 g/mol. The summed E-state index contributed by atoms with van der Waals surface area (Å²) >= 11 is 1.18. The minimum Gasteiger partial charge on any atom is -0.497 e. The molecule has 0 unspecified atom stereocenters. The zero-order valence-electron chi connectivity index (χ0n) is 13.9. The number of imidazole rings is 1. The molecule has 0 spiro atoms. The van der Waals surface area contributed by atoms with Gasteiger partial charge < -0.3 is 9.72 Å². The lowest BCUT2D eigenvalue weighted by Crippen LogP contribution is -2.36. The number of thioether (sulfide) groups is 1. The molecule has 0 amide bonds. The first-order chi connectivity index (χ1) is 11.9. The van der Waals surface area contributed by atoms with E-state index in [2.05, 4.69) is 9.97 Å². The Balaban J connectivity index is 1.82. The van der Waals surface area contributed by atoms with Crippen LogP contribution in [0.3, 0.4) is 0 Å². The van der Waals surface area contributed by atoms with Gasteiger partial charge >= 0.3 is 5.69 Å². The fourth-order valence-electron chi connectivity index (χ4n) is 2.37. The van der Waals surface area contributed by atoms with Crippen molar-refractivity contribution in [3.63, 3.8) is 0 Å². The number of carbonyl (C=O) groups excluding carboxylic acids is 1. The Morgan fingerprint density at radius 3 is 2.52 bits per heavy atom. The second-order valence-corrected chi connectivity index (χ2v) is 6.35. The molecule has 2 heterocycles. The first kappa shape index (κ1) is 17.0.